The van der Waals surface area contributed by atoms with E-state index in [1.54, 1.807) is 0 Å². The van der Waals surface area contributed by atoms with Crippen LogP contribution in [-0.2, 0) is 10.1 Å². The quantitative estimate of drug-likeness (QED) is 0.386. The molecule has 0 bridgehead atoms. The lowest BCUT2D eigenvalue weighted by atomic mass is 10.2. The van der Waals surface area contributed by atoms with Gasteiger partial charge in [-0.1, -0.05) is 0 Å². The Morgan fingerprint density at radius 3 is 2.30 bits per heavy atom. The first kappa shape index (κ1) is 15.7. The van der Waals surface area contributed by atoms with Crippen LogP contribution in [0.1, 0.15) is 10.4 Å². The lowest BCUT2D eigenvalue weighted by Crippen LogP contribution is -2.28. The fraction of sp³-hybridized carbons (Fsp3) is 0.125. The van der Waals surface area contributed by atoms with Gasteiger partial charge < -0.3 is 9.29 Å². The number of halogens is 3. The van der Waals surface area contributed by atoms with Gasteiger partial charge >= 0.3 is 21.6 Å². The molecule has 0 saturated carbocycles. The van der Waals surface area contributed by atoms with E-state index >= 15 is 0 Å². The number of carboxylic acids is 1. The minimum Gasteiger partial charge on any atom is -0.477 e. The normalized spacial score (nSPS) is 11.9. The molecule has 0 aliphatic carbocycles. The Hall–Kier alpha value is -2.37. The summed E-state index contributed by atoms with van der Waals surface area (Å²) in [6, 6.07) is 1.36. The predicted molar refractivity (Wildman–Crippen MR) is 55.7 cm³/mol. The van der Waals surface area contributed by atoms with Gasteiger partial charge in [0.25, 0.3) is 5.69 Å². The summed E-state index contributed by atoms with van der Waals surface area (Å²) in [4.78, 5) is 20.1. The van der Waals surface area contributed by atoms with Crippen molar-refractivity contribution in [1.82, 2.24) is 0 Å². The zero-order valence-corrected chi connectivity index (χ0v) is 9.93. The number of carboxylic acid groups (broad SMARTS) is 1. The topological polar surface area (TPSA) is 124 Å². The molecule has 20 heavy (non-hydrogen) atoms. The van der Waals surface area contributed by atoms with E-state index in [2.05, 4.69) is 4.18 Å². The lowest BCUT2D eigenvalue weighted by Gasteiger charge is -2.09. The molecule has 1 rings (SSSR count). The molecule has 0 radical (unpaired) electrons. The smallest absolute Gasteiger partial charge is 0.477 e. The highest BCUT2D eigenvalue weighted by molar-refractivity contribution is 7.88. The summed E-state index contributed by atoms with van der Waals surface area (Å²) in [5.74, 6) is -2.84. The lowest BCUT2D eigenvalue weighted by molar-refractivity contribution is -0.385. The van der Waals surface area contributed by atoms with Crippen molar-refractivity contribution in [3.8, 4) is 5.75 Å². The maximum absolute atomic E-state index is 12.0. The van der Waals surface area contributed by atoms with Crippen molar-refractivity contribution in [2.24, 2.45) is 0 Å². The van der Waals surface area contributed by atoms with E-state index in [0.717, 1.165) is 0 Å². The molecule has 0 saturated heterocycles. The number of hydrogen-bond acceptors (Lipinski definition) is 6. The number of nitro groups is 1. The van der Waals surface area contributed by atoms with Crippen molar-refractivity contribution in [3.63, 3.8) is 0 Å². The summed E-state index contributed by atoms with van der Waals surface area (Å²) in [6.07, 6.45) is 0. The van der Waals surface area contributed by atoms with Gasteiger partial charge in [0.2, 0.25) is 0 Å². The first-order chi connectivity index (χ1) is 8.95. The Morgan fingerprint density at radius 1 is 1.35 bits per heavy atom. The highest BCUT2D eigenvalue weighted by atomic mass is 32.2. The van der Waals surface area contributed by atoms with Gasteiger partial charge in [-0.05, 0) is 6.07 Å². The van der Waals surface area contributed by atoms with E-state index in [0.29, 0.717) is 18.2 Å². The van der Waals surface area contributed by atoms with Crippen molar-refractivity contribution in [1.29, 1.82) is 0 Å². The highest BCUT2D eigenvalue weighted by Crippen LogP contribution is 2.29. The molecular weight excluding hydrogens is 311 g/mol. The number of nitrogens with zero attached hydrogens (tertiary/aromatic N) is 1. The van der Waals surface area contributed by atoms with Crippen LogP contribution in [-0.4, -0.2) is 29.9 Å². The molecule has 0 amide bonds. The number of nitro benzene ring substituents is 1. The molecule has 0 heterocycles. The summed E-state index contributed by atoms with van der Waals surface area (Å²) in [5, 5.41) is 19.2. The molecule has 110 valence electrons. The van der Waals surface area contributed by atoms with Crippen LogP contribution in [0.3, 0.4) is 0 Å². The SMILES string of the molecule is O=C(O)c1cc(OS(=O)(=O)C(F)(F)F)ccc1[N+](=O)[O-]. The van der Waals surface area contributed by atoms with Crippen LogP contribution in [0.15, 0.2) is 18.2 Å². The third-order valence-electron chi connectivity index (χ3n) is 1.88. The van der Waals surface area contributed by atoms with Gasteiger partial charge in [-0.15, -0.1) is 0 Å². The minimum absolute atomic E-state index is 0.309. The van der Waals surface area contributed by atoms with E-state index in [4.69, 9.17) is 5.11 Å². The summed E-state index contributed by atoms with van der Waals surface area (Å²) < 4.78 is 61.2. The summed E-state index contributed by atoms with van der Waals surface area (Å²) in [5.41, 5.74) is -7.64. The van der Waals surface area contributed by atoms with Crippen molar-refractivity contribution in [3.05, 3.63) is 33.9 Å². The zero-order chi connectivity index (χ0) is 15.7. The van der Waals surface area contributed by atoms with Crippen molar-refractivity contribution in [2.45, 2.75) is 5.51 Å². The van der Waals surface area contributed by atoms with E-state index in [1.165, 1.54) is 0 Å². The highest BCUT2D eigenvalue weighted by Gasteiger charge is 2.48. The molecule has 8 nitrogen and oxygen atoms in total. The van der Waals surface area contributed by atoms with E-state index < -0.39 is 43.5 Å². The van der Waals surface area contributed by atoms with Crippen LogP contribution in [0.4, 0.5) is 18.9 Å². The van der Waals surface area contributed by atoms with Gasteiger partial charge in [-0.3, -0.25) is 10.1 Å². The molecule has 0 atom stereocenters. The van der Waals surface area contributed by atoms with Crippen molar-refractivity contribution in [2.75, 3.05) is 0 Å². The second-order valence-electron chi connectivity index (χ2n) is 3.22. The Balaban J connectivity index is 3.28. The molecular formula is C8H4F3NO7S. The average molecular weight is 315 g/mol. The van der Waals surface area contributed by atoms with Crippen LogP contribution < -0.4 is 4.18 Å². The van der Waals surface area contributed by atoms with Gasteiger partial charge in [0.05, 0.1) is 4.92 Å². The van der Waals surface area contributed by atoms with Gasteiger partial charge in [-0.2, -0.15) is 21.6 Å². The van der Waals surface area contributed by atoms with Crippen LogP contribution in [0.2, 0.25) is 0 Å². The zero-order valence-electron chi connectivity index (χ0n) is 9.12. The number of hydrogen-bond donors (Lipinski definition) is 1. The molecule has 1 aromatic carbocycles. The first-order valence-electron chi connectivity index (χ1n) is 4.48. The monoisotopic (exact) mass is 315 g/mol. The second-order valence-corrected chi connectivity index (χ2v) is 4.76. The summed E-state index contributed by atoms with van der Waals surface area (Å²) >= 11 is 0. The Labute approximate surface area is 108 Å². The molecule has 12 heteroatoms. The summed E-state index contributed by atoms with van der Waals surface area (Å²) in [6.45, 7) is 0. The van der Waals surface area contributed by atoms with Crippen molar-refractivity contribution >= 4 is 21.8 Å². The van der Waals surface area contributed by atoms with Gasteiger partial charge in [0.1, 0.15) is 11.3 Å². The number of aromatic carboxylic acids is 1. The number of rotatable bonds is 4. The number of carbonyl (C=O) groups is 1. The second kappa shape index (κ2) is 4.96. The Kier molecular flexibility index (Phi) is 3.89. The third-order valence-corrected chi connectivity index (χ3v) is 2.86. The molecule has 0 aliphatic rings. The standard InChI is InChI=1S/C8H4F3NO7S/c9-8(10,11)20(17,18)19-4-1-2-6(12(15)16)5(3-4)7(13)14/h1-3H,(H,13,14). The van der Waals surface area contributed by atoms with Crippen LogP contribution in [0.25, 0.3) is 0 Å². The molecule has 0 unspecified atom stereocenters. The van der Waals surface area contributed by atoms with Gasteiger partial charge in [-0.25, -0.2) is 4.79 Å². The third kappa shape index (κ3) is 3.14. The molecule has 0 aromatic heterocycles. The van der Waals surface area contributed by atoms with Gasteiger partial charge in [0, 0.05) is 12.1 Å². The van der Waals surface area contributed by atoms with E-state index in [-0.39, 0.29) is 0 Å². The Bertz CT molecular complexity index is 667. The Morgan fingerprint density at radius 2 is 1.90 bits per heavy atom. The maximum atomic E-state index is 12.0. The van der Waals surface area contributed by atoms with Gasteiger partial charge in [0.15, 0.2) is 0 Å². The fourth-order valence-electron chi connectivity index (χ4n) is 1.07. The van der Waals surface area contributed by atoms with Crippen LogP contribution in [0.5, 0.6) is 5.75 Å². The largest absolute Gasteiger partial charge is 0.534 e. The molecule has 1 aromatic rings. The van der Waals surface area contributed by atoms with Crippen LogP contribution >= 0.6 is 0 Å². The minimum atomic E-state index is -5.99. The van der Waals surface area contributed by atoms with Crippen LogP contribution in [0, 0.1) is 10.1 Å². The maximum Gasteiger partial charge on any atom is 0.534 e. The molecule has 0 fully saturated rings. The summed E-state index contributed by atoms with van der Waals surface area (Å²) in [7, 11) is -5.99. The van der Waals surface area contributed by atoms with Crippen molar-refractivity contribution < 1.29 is 40.6 Å². The molecule has 0 spiro atoms. The fourth-order valence-corrected chi connectivity index (χ4v) is 1.52. The number of benzene rings is 1. The van der Waals surface area contributed by atoms with E-state index in [1.807, 2.05) is 0 Å². The average Bonchev–Trinajstić information content (AvgIpc) is 2.26. The first-order valence-corrected chi connectivity index (χ1v) is 5.89. The predicted octanol–water partition coefficient (Wildman–Crippen LogP) is 1.52. The van der Waals surface area contributed by atoms with E-state index in [9.17, 15) is 36.5 Å². The number of alkyl halides is 3. The molecule has 0 aliphatic heterocycles. The molecule has 1 N–H and O–H groups in total.